The maximum Gasteiger partial charge on any atom is 0.454 e. The minimum Gasteiger partial charge on any atom is -0.384 e. The molecular weight excluding hydrogens is 355 g/mol. The highest BCUT2D eigenvalue weighted by atomic mass is 19.4. The van der Waals surface area contributed by atoms with Crippen LogP contribution in [0.5, 0.6) is 0 Å². The molecule has 2 N–H and O–H groups in total. The zero-order valence-corrected chi connectivity index (χ0v) is 14.9. The molecule has 27 heavy (non-hydrogen) atoms. The third kappa shape index (κ3) is 5.01. The molecule has 1 aliphatic heterocycles. The molecule has 4 nitrogen and oxygen atoms in total. The molecule has 0 aliphatic carbocycles. The number of anilines is 2. The van der Waals surface area contributed by atoms with Crippen LogP contribution in [-0.4, -0.2) is 44.7 Å². The van der Waals surface area contributed by atoms with Crippen LogP contribution in [0.1, 0.15) is 15.9 Å². The lowest BCUT2D eigenvalue weighted by Crippen LogP contribution is -2.43. The number of piperazine rings is 1. The molecule has 0 spiro atoms. The van der Waals surface area contributed by atoms with Crippen LogP contribution in [0.2, 0.25) is 0 Å². The SMILES string of the molecule is O=C(c1ccc(N2CCNCC2)cc1NCCc1ccccc1)C(F)(F)F. The van der Waals surface area contributed by atoms with Gasteiger partial charge in [-0.05, 0) is 30.2 Å². The van der Waals surface area contributed by atoms with Crippen molar-refractivity contribution in [2.75, 3.05) is 42.9 Å². The summed E-state index contributed by atoms with van der Waals surface area (Å²) in [5.74, 6) is -1.82. The van der Waals surface area contributed by atoms with E-state index in [-0.39, 0.29) is 11.3 Å². The zero-order chi connectivity index (χ0) is 19.3. The van der Waals surface area contributed by atoms with E-state index in [9.17, 15) is 18.0 Å². The summed E-state index contributed by atoms with van der Waals surface area (Å²) in [5, 5.41) is 6.27. The number of alkyl halides is 3. The lowest BCUT2D eigenvalue weighted by molar-refractivity contribution is -0.0884. The highest BCUT2D eigenvalue weighted by molar-refractivity contribution is 6.05. The van der Waals surface area contributed by atoms with E-state index in [0.717, 1.165) is 37.4 Å². The number of hydrogen-bond acceptors (Lipinski definition) is 4. The Balaban J connectivity index is 1.80. The van der Waals surface area contributed by atoms with Crippen LogP contribution >= 0.6 is 0 Å². The molecule has 1 aliphatic rings. The lowest BCUT2D eigenvalue weighted by atomic mass is 10.1. The van der Waals surface area contributed by atoms with E-state index < -0.39 is 12.0 Å². The van der Waals surface area contributed by atoms with Gasteiger partial charge in [0.15, 0.2) is 0 Å². The van der Waals surface area contributed by atoms with Gasteiger partial charge in [0.2, 0.25) is 0 Å². The van der Waals surface area contributed by atoms with Crippen molar-refractivity contribution in [3.63, 3.8) is 0 Å². The average Bonchev–Trinajstić information content (AvgIpc) is 2.68. The molecule has 0 bridgehead atoms. The zero-order valence-electron chi connectivity index (χ0n) is 14.9. The molecule has 2 aromatic carbocycles. The second kappa shape index (κ2) is 8.43. The highest BCUT2D eigenvalue weighted by Crippen LogP contribution is 2.30. The van der Waals surface area contributed by atoms with Gasteiger partial charge in [-0.25, -0.2) is 0 Å². The van der Waals surface area contributed by atoms with Gasteiger partial charge in [-0.15, -0.1) is 0 Å². The van der Waals surface area contributed by atoms with Gasteiger partial charge < -0.3 is 15.5 Å². The number of Topliss-reactive ketones (excluding diaryl/α,β-unsaturated/α-hetero) is 1. The van der Waals surface area contributed by atoms with E-state index in [0.29, 0.717) is 13.0 Å². The van der Waals surface area contributed by atoms with E-state index in [4.69, 9.17) is 0 Å². The Morgan fingerprint density at radius 1 is 1.07 bits per heavy atom. The summed E-state index contributed by atoms with van der Waals surface area (Å²) in [6.07, 6.45) is -4.25. The van der Waals surface area contributed by atoms with Gasteiger partial charge in [-0.2, -0.15) is 13.2 Å². The van der Waals surface area contributed by atoms with E-state index in [1.165, 1.54) is 6.07 Å². The Morgan fingerprint density at radius 2 is 1.78 bits per heavy atom. The van der Waals surface area contributed by atoms with Crippen LogP contribution in [0.3, 0.4) is 0 Å². The topological polar surface area (TPSA) is 44.4 Å². The molecule has 0 aromatic heterocycles. The predicted molar refractivity (Wildman–Crippen MR) is 101 cm³/mol. The second-order valence-electron chi connectivity index (χ2n) is 6.46. The molecule has 0 radical (unpaired) electrons. The van der Waals surface area contributed by atoms with Gasteiger partial charge >= 0.3 is 6.18 Å². The summed E-state index contributed by atoms with van der Waals surface area (Å²) >= 11 is 0. The summed E-state index contributed by atoms with van der Waals surface area (Å²) in [6, 6.07) is 14.2. The number of hydrogen-bond donors (Lipinski definition) is 2. The molecule has 0 atom stereocenters. The fourth-order valence-electron chi connectivity index (χ4n) is 3.14. The smallest absolute Gasteiger partial charge is 0.384 e. The minimum atomic E-state index is -4.90. The standard InChI is InChI=1S/C20H22F3N3O/c21-20(22,23)19(27)17-7-6-16(26-12-10-24-11-13-26)14-18(17)25-9-8-15-4-2-1-3-5-15/h1-7,14,24-25H,8-13H2. The maximum atomic E-state index is 13.0. The third-order valence-electron chi connectivity index (χ3n) is 4.56. The Kier molecular flexibility index (Phi) is 6.01. The monoisotopic (exact) mass is 377 g/mol. The van der Waals surface area contributed by atoms with Crippen LogP contribution in [0.15, 0.2) is 48.5 Å². The number of nitrogens with zero attached hydrogens (tertiary/aromatic N) is 1. The number of benzene rings is 2. The molecule has 1 heterocycles. The molecule has 144 valence electrons. The summed E-state index contributed by atoms with van der Waals surface area (Å²) in [4.78, 5) is 13.9. The van der Waals surface area contributed by atoms with Gasteiger partial charge in [0.1, 0.15) is 0 Å². The first-order valence-corrected chi connectivity index (χ1v) is 8.94. The Bertz CT molecular complexity index is 772. The largest absolute Gasteiger partial charge is 0.454 e. The van der Waals surface area contributed by atoms with Crippen molar-refractivity contribution in [2.24, 2.45) is 0 Å². The molecule has 0 saturated carbocycles. The van der Waals surface area contributed by atoms with Crippen LogP contribution in [0.4, 0.5) is 24.5 Å². The second-order valence-corrected chi connectivity index (χ2v) is 6.46. The average molecular weight is 377 g/mol. The van der Waals surface area contributed by atoms with Crippen molar-refractivity contribution >= 4 is 17.2 Å². The van der Waals surface area contributed by atoms with Crippen molar-refractivity contribution in [3.8, 4) is 0 Å². The first kappa shape index (κ1) is 19.2. The van der Waals surface area contributed by atoms with E-state index in [2.05, 4.69) is 15.5 Å². The minimum absolute atomic E-state index is 0.226. The fourth-order valence-corrected chi connectivity index (χ4v) is 3.14. The fraction of sp³-hybridized carbons (Fsp3) is 0.350. The van der Waals surface area contributed by atoms with Gasteiger partial charge in [0.05, 0.1) is 5.56 Å². The Hall–Kier alpha value is -2.54. The molecule has 1 saturated heterocycles. The van der Waals surface area contributed by atoms with Gasteiger partial charge in [-0.3, -0.25) is 4.79 Å². The van der Waals surface area contributed by atoms with Crippen molar-refractivity contribution in [3.05, 3.63) is 59.7 Å². The van der Waals surface area contributed by atoms with Gasteiger partial charge in [0, 0.05) is 44.1 Å². The van der Waals surface area contributed by atoms with E-state index >= 15 is 0 Å². The summed E-state index contributed by atoms with van der Waals surface area (Å²) in [5.41, 5.74) is 1.78. The van der Waals surface area contributed by atoms with Gasteiger partial charge in [0.25, 0.3) is 5.78 Å². The molecule has 7 heteroatoms. The molecule has 0 unspecified atom stereocenters. The third-order valence-corrected chi connectivity index (χ3v) is 4.56. The lowest BCUT2D eigenvalue weighted by Gasteiger charge is -2.30. The first-order chi connectivity index (χ1) is 12.9. The maximum absolute atomic E-state index is 13.0. The number of carbonyl (C=O) groups is 1. The van der Waals surface area contributed by atoms with Crippen LogP contribution in [0.25, 0.3) is 0 Å². The van der Waals surface area contributed by atoms with Crippen molar-refractivity contribution in [1.29, 1.82) is 0 Å². The number of ketones is 1. The molecule has 0 amide bonds. The number of carbonyl (C=O) groups excluding carboxylic acids is 1. The molecule has 3 rings (SSSR count). The predicted octanol–water partition coefficient (Wildman–Crippen LogP) is 3.50. The van der Waals surface area contributed by atoms with Crippen LogP contribution in [0, 0.1) is 0 Å². The molecule has 1 fully saturated rings. The van der Waals surface area contributed by atoms with Crippen LogP contribution < -0.4 is 15.5 Å². The van der Waals surface area contributed by atoms with Crippen molar-refractivity contribution in [2.45, 2.75) is 12.6 Å². The summed E-state index contributed by atoms with van der Waals surface area (Å²) in [6.45, 7) is 3.62. The Labute approximate surface area is 156 Å². The number of halogens is 3. The molecule has 2 aromatic rings. The summed E-state index contributed by atoms with van der Waals surface area (Å²) < 4.78 is 38.9. The van der Waals surface area contributed by atoms with Crippen LogP contribution in [-0.2, 0) is 6.42 Å². The number of rotatable bonds is 6. The summed E-state index contributed by atoms with van der Waals surface area (Å²) in [7, 11) is 0. The Morgan fingerprint density at radius 3 is 2.44 bits per heavy atom. The normalized spacial score (nSPS) is 14.9. The number of nitrogens with one attached hydrogen (secondary N) is 2. The van der Waals surface area contributed by atoms with E-state index in [1.807, 2.05) is 30.3 Å². The first-order valence-electron chi connectivity index (χ1n) is 8.94. The molecular formula is C20H22F3N3O. The van der Waals surface area contributed by atoms with E-state index in [1.54, 1.807) is 12.1 Å². The van der Waals surface area contributed by atoms with Crippen molar-refractivity contribution in [1.82, 2.24) is 5.32 Å². The quantitative estimate of drug-likeness (QED) is 0.757. The van der Waals surface area contributed by atoms with Crippen molar-refractivity contribution < 1.29 is 18.0 Å². The highest BCUT2D eigenvalue weighted by Gasteiger charge is 2.40. The van der Waals surface area contributed by atoms with Gasteiger partial charge in [-0.1, -0.05) is 30.3 Å².